The Morgan fingerprint density at radius 3 is 2.12 bits per heavy atom. The molecule has 0 aliphatic carbocycles. The van der Waals surface area contributed by atoms with Crippen LogP contribution in [0.2, 0.25) is 5.02 Å². The quantitative estimate of drug-likeness (QED) is 0.814. The molecule has 0 aliphatic rings. The Labute approximate surface area is 97.8 Å². The van der Waals surface area contributed by atoms with E-state index in [1.165, 1.54) is 0 Å². The molecule has 0 bridgehead atoms. The van der Waals surface area contributed by atoms with Crippen LogP contribution < -0.4 is 5.73 Å². The highest BCUT2D eigenvalue weighted by molar-refractivity contribution is 6.32. The number of hydrogen-bond acceptors (Lipinski definition) is 2. The molecule has 0 saturated heterocycles. The first-order valence-corrected chi connectivity index (χ1v) is 4.63. The normalized spacial score (nSPS) is 14.8. The number of alkyl halides is 5. The van der Waals surface area contributed by atoms with E-state index in [-0.39, 0.29) is 5.02 Å². The molecule has 0 saturated carbocycles. The minimum Gasteiger partial charge on any atom is -0.506 e. The number of benzene rings is 1. The van der Waals surface area contributed by atoms with Gasteiger partial charge in [0.05, 0.1) is 5.02 Å². The van der Waals surface area contributed by atoms with E-state index in [2.05, 4.69) is 0 Å². The zero-order valence-corrected chi connectivity index (χ0v) is 8.86. The lowest BCUT2D eigenvalue weighted by atomic mass is 10.0. The lowest BCUT2D eigenvalue weighted by Crippen LogP contribution is -2.45. The summed E-state index contributed by atoms with van der Waals surface area (Å²) in [5, 5.41) is 8.65. The summed E-state index contributed by atoms with van der Waals surface area (Å²) in [7, 11) is 0. The molecule has 96 valence electrons. The van der Waals surface area contributed by atoms with E-state index in [1.807, 2.05) is 0 Å². The first kappa shape index (κ1) is 14.0. The van der Waals surface area contributed by atoms with Crippen LogP contribution in [0.4, 0.5) is 22.0 Å². The maximum absolute atomic E-state index is 12.9. The van der Waals surface area contributed by atoms with Crippen LogP contribution in [-0.4, -0.2) is 17.2 Å². The van der Waals surface area contributed by atoms with Gasteiger partial charge in [-0.05, 0) is 17.7 Å². The molecule has 0 aromatic heterocycles. The van der Waals surface area contributed by atoms with Gasteiger partial charge in [0.1, 0.15) is 11.8 Å². The Morgan fingerprint density at radius 1 is 1.18 bits per heavy atom. The van der Waals surface area contributed by atoms with Crippen LogP contribution >= 0.6 is 11.6 Å². The second-order valence-corrected chi connectivity index (χ2v) is 3.72. The van der Waals surface area contributed by atoms with Crippen molar-refractivity contribution in [3.05, 3.63) is 28.8 Å². The van der Waals surface area contributed by atoms with Crippen LogP contribution in [0.5, 0.6) is 5.75 Å². The molecule has 0 fully saturated rings. The maximum Gasteiger partial charge on any atom is 0.455 e. The van der Waals surface area contributed by atoms with Gasteiger partial charge in [-0.2, -0.15) is 22.0 Å². The number of hydrogen-bond donors (Lipinski definition) is 2. The smallest absolute Gasteiger partial charge is 0.455 e. The minimum absolute atomic E-state index is 0.351. The summed E-state index contributed by atoms with van der Waals surface area (Å²) >= 11 is 5.39. The van der Waals surface area contributed by atoms with Crippen molar-refractivity contribution in [1.29, 1.82) is 0 Å². The second kappa shape index (κ2) is 4.30. The van der Waals surface area contributed by atoms with Crippen LogP contribution in [0, 0.1) is 0 Å². The highest BCUT2D eigenvalue weighted by Gasteiger charge is 2.61. The van der Waals surface area contributed by atoms with E-state index in [1.54, 1.807) is 0 Å². The Kier molecular flexibility index (Phi) is 3.54. The molecule has 1 atom stereocenters. The fraction of sp³-hybridized carbons (Fsp3) is 0.333. The van der Waals surface area contributed by atoms with E-state index in [9.17, 15) is 22.0 Å². The third kappa shape index (κ3) is 2.61. The monoisotopic (exact) mass is 275 g/mol. The number of aromatic hydroxyl groups is 1. The topological polar surface area (TPSA) is 46.2 Å². The molecule has 0 amide bonds. The summed E-state index contributed by atoms with van der Waals surface area (Å²) in [5.74, 6) is -5.51. The van der Waals surface area contributed by atoms with E-state index in [0.717, 1.165) is 18.2 Å². The van der Waals surface area contributed by atoms with Gasteiger partial charge in [-0.25, -0.2) is 0 Å². The summed E-state index contributed by atoms with van der Waals surface area (Å²) in [6, 6.07) is -0.0721. The molecule has 0 radical (unpaired) electrons. The Morgan fingerprint density at radius 2 is 1.71 bits per heavy atom. The predicted octanol–water partition coefficient (Wildman–Crippen LogP) is 3.24. The van der Waals surface area contributed by atoms with Crippen molar-refractivity contribution in [2.45, 2.75) is 18.1 Å². The lowest BCUT2D eigenvalue weighted by molar-refractivity contribution is -0.291. The van der Waals surface area contributed by atoms with Crippen LogP contribution in [0.3, 0.4) is 0 Å². The van der Waals surface area contributed by atoms with Crippen molar-refractivity contribution in [2.24, 2.45) is 5.73 Å². The summed E-state index contributed by atoms with van der Waals surface area (Å²) in [6.45, 7) is 0. The fourth-order valence-corrected chi connectivity index (χ4v) is 1.29. The fourth-order valence-electron chi connectivity index (χ4n) is 1.10. The highest BCUT2D eigenvalue weighted by Crippen LogP contribution is 2.44. The van der Waals surface area contributed by atoms with Crippen LogP contribution in [0.1, 0.15) is 11.6 Å². The van der Waals surface area contributed by atoms with Gasteiger partial charge < -0.3 is 10.8 Å². The van der Waals surface area contributed by atoms with Gasteiger partial charge in [-0.1, -0.05) is 17.7 Å². The second-order valence-electron chi connectivity index (χ2n) is 3.31. The van der Waals surface area contributed by atoms with Gasteiger partial charge in [0, 0.05) is 0 Å². The van der Waals surface area contributed by atoms with Gasteiger partial charge in [0.15, 0.2) is 0 Å². The van der Waals surface area contributed by atoms with E-state index < -0.39 is 29.5 Å². The first-order chi connectivity index (χ1) is 7.57. The van der Waals surface area contributed by atoms with Gasteiger partial charge in [-0.3, -0.25) is 0 Å². The molecule has 1 aromatic rings. The molecule has 1 rings (SSSR count). The predicted molar refractivity (Wildman–Crippen MR) is 51.0 cm³/mol. The van der Waals surface area contributed by atoms with Crippen LogP contribution in [0.25, 0.3) is 0 Å². The third-order valence-corrected chi connectivity index (χ3v) is 2.40. The summed E-state index contributed by atoms with van der Waals surface area (Å²) in [4.78, 5) is 0. The highest BCUT2D eigenvalue weighted by atomic mass is 35.5. The molecule has 2 nitrogen and oxygen atoms in total. The Balaban J connectivity index is 3.12. The van der Waals surface area contributed by atoms with Crippen molar-refractivity contribution in [2.75, 3.05) is 0 Å². The number of halogens is 6. The average molecular weight is 276 g/mol. The van der Waals surface area contributed by atoms with E-state index in [0.29, 0.717) is 0 Å². The van der Waals surface area contributed by atoms with Crippen LogP contribution in [0.15, 0.2) is 18.2 Å². The third-order valence-electron chi connectivity index (χ3n) is 2.10. The molecule has 8 heteroatoms. The summed E-state index contributed by atoms with van der Waals surface area (Å²) in [6.07, 6.45) is -5.75. The molecular weight excluding hydrogens is 269 g/mol. The molecule has 0 aliphatic heterocycles. The number of nitrogens with two attached hydrogens (primary N) is 1. The zero-order valence-electron chi connectivity index (χ0n) is 8.10. The molecule has 3 N–H and O–H groups in total. The number of rotatable bonds is 2. The maximum atomic E-state index is 12.9. The molecule has 0 unspecified atom stereocenters. The standard InChI is InChI=1S/C9H7ClF5NO/c10-5-3-4(1-2-6(5)17)7(16)8(11,12)9(13,14)15/h1-3,7,17H,16H2/t7-/m1/s1. The van der Waals surface area contributed by atoms with Gasteiger partial charge in [-0.15, -0.1) is 0 Å². The Hall–Kier alpha value is -1.08. The largest absolute Gasteiger partial charge is 0.506 e. The van der Waals surface area contributed by atoms with Crippen molar-refractivity contribution in [1.82, 2.24) is 0 Å². The lowest BCUT2D eigenvalue weighted by Gasteiger charge is -2.26. The van der Waals surface area contributed by atoms with Gasteiger partial charge in [0.25, 0.3) is 0 Å². The summed E-state index contributed by atoms with van der Waals surface area (Å²) in [5.41, 5.74) is 4.35. The SMILES string of the molecule is N[C@H](c1ccc(O)c(Cl)c1)C(F)(F)C(F)(F)F. The Bertz CT molecular complexity index is 420. The van der Waals surface area contributed by atoms with Crippen molar-refractivity contribution in [3.63, 3.8) is 0 Å². The minimum atomic E-state index is -5.75. The zero-order chi connectivity index (χ0) is 13.4. The number of phenols is 1. The molecule has 1 aromatic carbocycles. The molecular formula is C9H7ClF5NO. The van der Waals surface area contributed by atoms with Crippen molar-refractivity contribution in [3.8, 4) is 5.75 Å². The van der Waals surface area contributed by atoms with E-state index in [4.69, 9.17) is 22.4 Å². The first-order valence-electron chi connectivity index (χ1n) is 4.26. The molecule has 17 heavy (non-hydrogen) atoms. The van der Waals surface area contributed by atoms with Crippen molar-refractivity contribution < 1.29 is 27.1 Å². The average Bonchev–Trinajstić information content (AvgIpc) is 2.19. The van der Waals surface area contributed by atoms with Crippen molar-refractivity contribution >= 4 is 11.6 Å². The number of phenolic OH excluding ortho intramolecular Hbond substituents is 1. The summed E-state index contributed by atoms with van der Waals surface area (Å²) < 4.78 is 61.9. The van der Waals surface area contributed by atoms with Crippen LogP contribution in [-0.2, 0) is 0 Å². The molecule has 0 spiro atoms. The molecule has 0 heterocycles. The van der Waals surface area contributed by atoms with E-state index >= 15 is 0 Å². The van der Waals surface area contributed by atoms with Gasteiger partial charge in [0.2, 0.25) is 0 Å². The van der Waals surface area contributed by atoms with Gasteiger partial charge >= 0.3 is 12.1 Å².